The summed E-state index contributed by atoms with van der Waals surface area (Å²) in [5.41, 5.74) is 2.12. The van der Waals surface area contributed by atoms with Crippen molar-refractivity contribution in [2.24, 2.45) is 5.41 Å². The van der Waals surface area contributed by atoms with Gasteiger partial charge in [0.25, 0.3) is 0 Å². The van der Waals surface area contributed by atoms with Crippen molar-refractivity contribution < 1.29 is 14.3 Å². The molecular weight excluding hydrogens is 304 g/mol. The number of hydrogen-bond acceptors (Lipinski definition) is 3. The molecule has 24 heavy (non-hydrogen) atoms. The van der Waals surface area contributed by atoms with Crippen molar-refractivity contribution in [1.82, 2.24) is 10.2 Å². The van der Waals surface area contributed by atoms with E-state index in [0.29, 0.717) is 6.42 Å². The van der Waals surface area contributed by atoms with E-state index in [0.717, 1.165) is 50.1 Å². The Morgan fingerprint density at radius 2 is 2.04 bits per heavy atom. The van der Waals surface area contributed by atoms with Gasteiger partial charge >= 0.3 is 0 Å². The molecule has 3 aliphatic heterocycles. The molecule has 2 unspecified atom stereocenters. The Labute approximate surface area is 142 Å². The van der Waals surface area contributed by atoms with Gasteiger partial charge in [0.15, 0.2) is 0 Å². The van der Waals surface area contributed by atoms with E-state index in [1.54, 1.807) is 0 Å². The molecule has 2 amide bonds. The number of benzene rings is 1. The van der Waals surface area contributed by atoms with Crippen LogP contribution in [0, 0.1) is 12.3 Å². The standard InChI is InChI=1S/C19H24N2O3/c1-13-3-2-4-14(9-13)17-18(23)21-12-19(5-7-24-8-6-19)11-15(21)10-16(22)20-17/h2-4,9,15,17H,5-8,10-12H2,1H3,(H,20,22). The van der Waals surface area contributed by atoms with E-state index in [4.69, 9.17) is 4.74 Å². The third-order valence-electron chi connectivity index (χ3n) is 5.80. The van der Waals surface area contributed by atoms with E-state index in [9.17, 15) is 9.59 Å². The van der Waals surface area contributed by atoms with Crippen molar-refractivity contribution >= 4 is 11.8 Å². The summed E-state index contributed by atoms with van der Waals surface area (Å²) in [6, 6.07) is 7.33. The smallest absolute Gasteiger partial charge is 0.250 e. The number of rotatable bonds is 1. The Morgan fingerprint density at radius 3 is 2.79 bits per heavy atom. The fourth-order valence-corrected chi connectivity index (χ4v) is 4.51. The van der Waals surface area contributed by atoms with Crippen LogP contribution in [0.3, 0.4) is 0 Å². The lowest BCUT2D eigenvalue weighted by atomic mass is 9.78. The maximum atomic E-state index is 13.2. The molecule has 0 saturated carbocycles. The van der Waals surface area contributed by atoms with Crippen molar-refractivity contribution in [3.8, 4) is 0 Å². The number of ether oxygens (including phenoxy) is 1. The van der Waals surface area contributed by atoms with Gasteiger partial charge in [-0.05, 0) is 37.2 Å². The lowest BCUT2D eigenvalue weighted by molar-refractivity contribution is -0.134. The van der Waals surface area contributed by atoms with Crippen LogP contribution in [-0.2, 0) is 14.3 Å². The van der Waals surface area contributed by atoms with Crippen molar-refractivity contribution in [1.29, 1.82) is 0 Å². The van der Waals surface area contributed by atoms with Gasteiger partial charge in [0.05, 0.1) is 0 Å². The summed E-state index contributed by atoms with van der Waals surface area (Å²) < 4.78 is 5.50. The summed E-state index contributed by atoms with van der Waals surface area (Å²) >= 11 is 0. The number of carbonyl (C=O) groups is 2. The minimum atomic E-state index is -0.558. The number of nitrogens with zero attached hydrogens (tertiary/aromatic N) is 1. The first-order valence-corrected chi connectivity index (χ1v) is 8.81. The van der Waals surface area contributed by atoms with Crippen LogP contribution in [0.4, 0.5) is 0 Å². The normalized spacial score (nSPS) is 29.3. The average Bonchev–Trinajstić information content (AvgIpc) is 2.85. The second-order valence-corrected chi connectivity index (χ2v) is 7.56. The maximum Gasteiger partial charge on any atom is 0.250 e. The number of fused-ring (bicyclic) bond motifs is 1. The molecule has 1 aromatic rings. The molecule has 0 aliphatic carbocycles. The van der Waals surface area contributed by atoms with Gasteiger partial charge in [-0.15, -0.1) is 0 Å². The highest BCUT2D eigenvalue weighted by Gasteiger charge is 2.49. The number of nitrogens with one attached hydrogen (secondary N) is 1. The molecule has 4 rings (SSSR count). The first-order valence-electron chi connectivity index (χ1n) is 8.81. The van der Waals surface area contributed by atoms with Gasteiger partial charge < -0.3 is 15.0 Å². The predicted octanol–water partition coefficient (Wildman–Crippen LogP) is 1.95. The highest BCUT2D eigenvalue weighted by molar-refractivity contribution is 5.91. The van der Waals surface area contributed by atoms with Gasteiger partial charge in [0.2, 0.25) is 11.8 Å². The summed E-state index contributed by atoms with van der Waals surface area (Å²) in [6.07, 6.45) is 3.32. The minimum Gasteiger partial charge on any atom is -0.381 e. The summed E-state index contributed by atoms with van der Waals surface area (Å²) in [7, 11) is 0. The van der Waals surface area contributed by atoms with Crippen LogP contribution < -0.4 is 5.32 Å². The van der Waals surface area contributed by atoms with Crippen LogP contribution in [0.2, 0.25) is 0 Å². The van der Waals surface area contributed by atoms with Crippen LogP contribution in [0.1, 0.15) is 42.9 Å². The largest absolute Gasteiger partial charge is 0.381 e. The third-order valence-corrected chi connectivity index (χ3v) is 5.80. The van der Waals surface area contributed by atoms with Crippen LogP contribution in [0.15, 0.2) is 24.3 Å². The second-order valence-electron chi connectivity index (χ2n) is 7.56. The summed E-state index contributed by atoms with van der Waals surface area (Å²) in [6.45, 7) is 4.30. The lowest BCUT2D eigenvalue weighted by Gasteiger charge is -2.33. The average molecular weight is 328 g/mol. The maximum absolute atomic E-state index is 13.2. The molecule has 5 heteroatoms. The van der Waals surface area contributed by atoms with Crippen LogP contribution >= 0.6 is 0 Å². The van der Waals surface area contributed by atoms with Gasteiger partial charge in [0.1, 0.15) is 6.04 Å². The van der Waals surface area contributed by atoms with E-state index >= 15 is 0 Å². The van der Waals surface area contributed by atoms with Crippen molar-refractivity contribution in [3.05, 3.63) is 35.4 Å². The Bertz CT molecular complexity index is 666. The Balaban J connectivity index is 1.63. The summed E-state index contributed by atoms with van der Waals surface area (Å²) in [4.78, 5) is 27.6. The summed E-state index contributed by atoms with van der Waals surface area (Å²) in [5, 5.41) is 2.94. The van der Waals surface area contributed by atoms with Gasteiger partial charge in [-0.3, -0.25) is 9.59 Å². The molecule has 0 radical (unpaired) electrons. The fourth-order valence-electron chi connectivity index (χ4n) is 4.51. The highest BCUT2D eigenvalue weighted by atomic mass is 16.5. The zero-order chi connectivity index (χ0) is 16.7. The van der Waals surface area contributed by atoms with E-state index in [1.165, 1.54) is 0 Å². The molecular formula is C19H24N2O3. The third kappa shape index (κ3) is 2.71. The lowest BCUT2D eigenvalue weighted by Crippen LogP contribution is -2.41. The molecule has 3 heterocycles. The number of hydrogen-bond donors (Lipinski definition) is 1. The van der Waals surface area contributed by atoms with Gasteiger partial charge in [-0.25, -0.2) is 0 Å². The molecule has 1 spiro atoms. The first kappa shape index (κ1) is 15.6. The van der Waals surface area contributed by atoms with Crippen molar-refractivity contribution in [3.63, 3.8) is 0 Å². The van der Waals surface area contributed by atoms with Gasteiger partial charge in [0, 0.05) is 32.2 Å². The van der Waals surface area contributed by atoms with E-state index < -0.39 is 6.04 Å². The Morgan fingerprint density at radius 1 is 1.25 bits per heavy atom. The quantitative estimate of drug-likeness (QED) is 0.857. The molecule has 1 N–H and O–H groups in total. The van der Waals surface area contributed by atoms with Crippen molar-refractivity contribution in [2.75, 3.05) is 19.8 Å². The molecule has 1 aromatic carbocycles. The minimum absolute atomic E-state index is 0.0218. The zero-order valence-corrected chi connectivity index (χ0v) is 14.1. The van der Waals surface area contributed by atoms with Crippen LogP contribution in [0.25, 0.3) is 0 Å². The molecule has 5 nitrogen and oxygen atoms in total. The molecule has 3 saturated heterocycles. The summed E-state index contributed by atoms with van der Waals surface area (Å²) in [5.74, 6) is 0.0197. The monoisotopic (exact) mass is 328 g/mol. The highest BCUT2D eigenvalue weighted by Crippen LogP contribution is 2.45. The van der Waals surface area contributed by atoms with E-state index in [-0.39, 0.29) is 23.3 Å². The molecule has 0 bridgehead atoms. The first-order chi connectivity index (χ1) is 11.6. The fraction of sp³-hybridized carbons (Fsp3) is 0.579. The predicted molar refractivity (Wildman–Crippen MR) is 89.3 cm³/mol. The second kappa shape index (κ2) is 5.88. The van der Waals surface area contributed by atoms with E-state index in [1.807, 2.05) is 36.1 Å². The zero-order valence-electron chi connectivity index (χ0n) is 14.1. The molecule has 2 atom stereocenters. The molecule has 0 aromatic heterocycles. The van der Waals surface area contributed by atoms with Gasteiger partial charge in [-0.1, -0.05) is 29.8 Å². The van der Waals surface area contributed by atoms with Crippen LogP contribution in [0.5, 0.6) is 0 Å². The number of carbonyl (C=O) groups excluding carboxylic acids is 2. The Hall–Kier alpha value is -1.88. The van der Waals surface area contributed by atoms with Gasteiger partial charge in [-0.2, -0.15) is 0 Å². The molecule has 3 aliphatic rings. The van der Waals surface area contributed by atoms with Crippen LogP contribution in [-0.4, -0.2) is 42.5 Å². The number of amides is 2. The topological polar surface area (TPSA) is 58.6 Å². The molecule has 128 valence electrons. The molecule has 3 fully saturated rings. The SMILES string of the molecule is Cc1cccc(C2NC(=O)CC3CC4(CCOCC4)CN3C2=O)c1. The van der Waals surface area contributed by atoms with Crippen molar-refractivity contribution in [2.45, 2.75) is 44.7 Å². The number of aryl methyl sites for hydroxylation is 1. The van der Waals surface area contributed by atoms with E-state index in [2.05, 4.69) is 5.32 Å². The Kier molecular flexibility index (Phi) is 3.83.